The molecule has 1 aliphatic heterocycles. The highest BCUT2D eigenvalue weighted by Gasteiger charge is 2.62. The van der Waals surface area contributed by atoms with Gasteiger partial charge in [-0.25, -0.2) is 13.2 Å². The number of hydrogen-bond donors (Lipinski definition) is 3. The van der Waals surface area contributed by atoms with Gasteiger partial charge in [-0.3, -0.25) is 19.1 Å². The number of carbonyl (C=O) groups is 4. The molecule has 0 unspecified atom stereocenters. The summed E-state index contributed by atoms with van der Waals surface area (Å²) in [6.45, 7) is 14.2. The van der Waals surface area contributed by atoms with E-state index in [0.29, 0.717) is 18.7 Å². The first-order valence-corrected chi connectivity index (χ1v) is 19.3. The molecule has 1 aromatic rings. The van der Waals surface area contributed by atoms with Gasteiger partial charge in [0, 0.05) is 17.9 Å². The summed E-state index contributed by atoms with van der Waals surface area (Å²) in [6, 6.07) is -0.230. The summed E-state index contributed by atoms with van der Waals surface area (Å²) in [6.07, 6.45) is 7.08. The molecule has 0 radical (unpaired) electrons. The van der Waals surface area contributed by atoms with Gasteiger partial charge in [-0.15, -0.1) is 6.58 Å². The molecule has 16 heteroatoms. The Balaban J connectivity index is 1.47. The summed E-state index contributed by atoms with van der Waals surface area (Å²) >= 11 is 0. The van der Waals surface area contributed by atoms with Crippen molar-refractivity contribution >= 4 is 39.7 Å². The highest BCUT2D eigenvalue weighted by molar-refractivity contribution is 7.91. The van der Waals surface area contributed by atoms with Crippen molar-refractivity contribution in [3.63, 3.8) is 0 Å². The Morgan fingerprint density at radius 1 is 1.04 bits per heavy atom. The third-order valence-corrected chi connectivity index (χ3v) is 11.8. The summed E-state index contributed by atoms with van der Waals surface area (Å²) in [4.78, 5) is 67.7. The molecule has 3 saturated carbocycles. The predicted molar refractivity (Wildman–Crippen MR) is 189 cm³/mol. The van der Waals surface area contributed by atoms with Crippen molar-refractivity contribution in [2.45, 2.75) is 127 Å². The molecule has 5 rings (SSSR count). The number of aromatic nitrogens is 2. The van der Waals surface area contributed by atoms with E-state index in [-0.39, 0.29) is 31.6 Å². The van der Waals surface area contributed by atoms with Crippen LogP contribution < -0.4 is 25.0 Å². The van der Waals surface area contributed by atoms with Crippen molar-refractivity contribution in [1.82, 2.24) is 30.2 Å². The van der Waals surface area contributed by atoms with Gasteiger partial charge in [0.2, 0.25) is 21.8 Å². The average molecular weight is 732 g/mol. The number of hydrogen-bond acceptors (Lipinski definition) is 11. The molecule has 4 fully saturated rings. The maximum atomic E-state index is 14.5. The van der Waals surface area contributed by atoms with Crippen molar-refractivity contribution in [2.24, 2.45) is 11.3 Å². The summed E-state index contributed by atoms with van der Waals surface area (Å²) < 4.78 is 38.5. The lowest BCUT2D eigenvalue weighted by Gasteiger charge is -2.35. The van der Waals surface area contributed by atoms with Crippen LogP contribution in [0.1, 0.15) is 105 Å². The number of rotatable bonds is 11. The first-order chi connectivity index (χ1) is 23.8. The molecule has 2 heterocycles. The molecule has 4 atom stereocenters. The van der Waals surface area contributed by atoms with Crippen LogP contribution in [0.4, 0.5) is 10.6 Å². The van der Waals surface area contributed by atoms with Gasteiger partial charge in [0.25, 0.3) is 5.91 Å². The molecule has 0 bridgehead atoms. The Labute approximate surface area is 300 Å². The second-order valence-corrected chi connectivity index (χ2v) is 18.2. The van der Waals surface area contributed by atoms with Crippen molar-refractivity contribution < 1.29 is 37.1 Å². The quantitative estimate of drug-likeness (QED) is 0.284. The van der Waals surface area contributed by atoms with Crippen molar-refractivity contribution in [1.29, 1.82) is 0 Å². The number of sulfonamides is 1. The zero-order chi connectivity index (χ0) is 37.5. The molecule has 282 valence electrons. The van der Waals surface area contributed by atoms with E-state index in [9.17, 15) is 27.6 Å². The first-order valence-electron chi connectivity index (χ1n) is 17.8. The normalized spacial score (nSPS) is 24.7. The van der Waals surface area contributed by atoms with E-state index in [1.807, 2.05) is 6.07 Å². The van der Waals surface area contributed by atoms with Crippen molar-refractivity contribution in [2.75, 3.05) is 25.2 Å². The maximum Gasteiger partial charge on any atom is 0.408 e. The van der Waals surface area contributed by atoms with Gasteiger partial charge < -0.3 is 29.9 Å². The van der Waals surface area contributed by atoms with E-state index in [0.717, 1.165) is 37.8 Å². The number of alkyl carbamates (subject to hydrolysis) is 1. The van der Waals surface area contributed by atoms with Gasteiger partial charge >= 0.3 is 12.1 Å². The van der Waals surface area contributed by atoms with Crippen LogP contribution in [0.2, 0.25) is 0 Å². The Kier molecular flexibility index (Phi) is 10.7. The SMILES string of the molecule is C=C[C@@H]1C[C@]1(NC(=O)[C@@H]1CN(c2cc(C3CCCCC3)nc(OC)n2)CN1C(=O)[C@@H](NC(=O)OC(C)(C)C)C(C)(C)C)C(=O)NS(=O)(=O)C1CC1. The summed E-state index contributed by atoms with van der Waals surface area (Å²) in [7, 11) is -2.41. The van der Waals surface area contributed by atoms with Crippen molar-refractivity contribution in [3.8, 4) is 6.01 Å². The van der Waals surface area contributed by atoms with Crippen LogP contribution >= 0.6 is 0 Å². The minimum atomic E-state index is -3.89. The fourth-order valence-corrected chi connectivity index (χ4v) is 8.18. The second kappa shape index (κ2) is 14.2. The third-order valence-electron chi connectivity index (χ3n) is 9.94. The van der Waals surface area contributed by atoms with Gasteiger partial charge in [-0.05, 0) is 58.3 Å². The van der Waals surface area contributed by atoms with E-state index in [1.54, 1.807) is 46.4 Å². The maximum absolute atomic E-state index is 14.5. The van der Waals surface area contributed by atoms with E-state index in [2.05, 4.69) is 31.9 Å². The highest BCUT2D eigenvalue weighted by Crippen LogP contribution is 2.45. The minimum Gasteiger partial charge on any atom is -0.467 e. The molecule has 15 nitrogen and oxygen atoms in total. The van der Waals surface area contributed by atoms with E-state index < -0.39 is 73.6 Å². The average Bonchev–Trinajstić information content (AvgIpc) is 3.98. The lowest BCUT2D eigenvalue weighted by atomic mass is 9.85. The number of nitrogens with zero attached hydrogens (tertiary/aromatic N) is 4. The van der Waals surface area contributed by atoms with Gasteiger partial charge in [-0.2, -0.15) is 9.97 Å². The lowest BCUT2D eigenvalue weighted by molar-refractivity contribution is -0.142. The lowest BCUT2D eigenvalue weighted by Crippen LogP contribution is -2.60. The fraction of sp³-hybridized carbons (Fsp3) is 0.714. The van der Waals surface area contributed by atoms with E-state index in [4.69, 9.17) is 9.47 Å². The summed E-state index contributed by atoms with van der Waals surface area (Å²) in [5.41, 5.74) is -2.36. The summed E-state index contributed by atoms with van der Waals surface area (Å²) in [5.74, 6) is -1.88. The second-order valence-electron chi connectivity index (χ2n) is 16.3. The van der Waals surface area contributed by atoms with Crippen LogP contribution in [0.5, 0.6) is 6.01 Å². The molecule has 51 heavy (non-hydrogen) atoms. The number of amides is 4. The molecule has 3 N–H and O–H groups in total. The highest BCUT2D eigenvalue weighted by atomic mass is 32.2. The molecule has 0 spiro atoms. The topological polar surface area (TPSA) is 189 Å². The Morgan fingerprint density at radius 3 is 2.25 bits per heavy atom. The largest absolute Gasteiger partial charge is 0.467 e. The van der Waals surface area contributed by atoms with Crippen LogP contribution in [-0.4, -0.2) is 95.9 Å². The number of ether oxygens (including phenoxy) is 2. The van der Waals surface area contributed by atoms with Crippen LogP contribution in [0, 0.1) is 11.3 Å². The van der Waals surface area contributed by atoms with Crippen LogP contribution in [0.3, 0.4) is 0 Å². The van der Waals surface area contributed by atoms with E-state index in [1.165, 1.54) is 18.1 Å². The number of nitrogens with one attached hydrogen (secondary N) is 3. The molecule has 0 aromatic carbocycles. The minimum absolute atomic E-state index is 0.0119. The summed E-state index contributed by atoms with van der Waals surface area (Å²) in [5, 5.41) is 4.89. The molecular weight excluding hydrogens is 678 g/mol. The molecule has 1 aromatic heterocycles. The molecule has 1 saturated heterocycles. The fourth-order valence-electron chi connectivity index (χ4n) is 6.81. The van der Waals surface area contributed by atoms with Crippen LogP contribution in [-0.2, 0) is 29.1 Å². The number of anilines is 1. The molecule has 4 aliphatic rings. The van der Waals surface area contributed by atoms with Crippen LogP contribution in [0.15, 0.2) is 18.7 Å². The monoisotopic (exact) mass is 731 g/mol. The Bertz CT molecular complexity index is 1650. The van der Waals surface area contributed by atoms with Gasteiger partial charge in [0.05, 0.1) is 31.3 Å². The first kappa shape index (κ1) is 38.3. The predicted octanol–water partition coefficient (Wildman–Crippen LogP) is 3.12. The van der Waals surface area contributed by atoms with Crippen molar-refractivity contribution in [3.05, 3.63) is 24.4 Å². The van der Waals surface area contributed by atoms with Gasteiger partial charge in [-0.1, -0.05) is 46.1 Å². The Hall–Kier alpha value is -3.95. The van der Waals surface area contributed by atoms with Gasteiger partial charge in [0.1, 0.15) is 29.0 Å². The zero-order valence-electron chi connectivity index (χ0n) is 30.8. The zero-order valence-corrected chi connectivity index (χ0v) is 31.6. The molecule has 3 aliphatic carbocycles. The standard InChI is InChI=1S/C35H53N7O8S/c1-9-22-18-35(22,30(45)40-51(47,48)23-15-16-23)39-28(43)25-19-41(26-17-24(36-31(37-26)49-8)21-13-11-10-12-14-21)20-42(25)29(44)27(33(2,3)4)38-32(46)50-34(5,6)7/h9,17,21-23,25,27H,1,10-16,18-20H2,2-8H3,(H,38,46)(H,39,43)(H,40,45)/t22-,25+,27-,35-/m1/s1. The number of carbonyl (C=O) groups excluding carboxylic acids is 4. The smallest absolute Gasteiger partial charge is 0.408 e. The third kappa shape index (κ3) is 8.75. The Morgan fingerprint density at radius 2 is 1.71 bits per heavy atom. The number of methoxy groups -OCH3 is 1. The molecular formula is C35H53N7O8S. The molecule has 4 amide bonds. The van der Waals surface area contributed by atoms with Gasteiger partial charge in [0.15, 0.2) is 0 Å². The van der Waals surface area contributed by atoms with Crippen LogP contribution in [0.25, 0.3) is 0 Å². The van der Waals surface area contributed by atoms with E-state index >= 15 is 0 Å².